The molecule has 0 saturated heterocycles. The van der Waals surface area contributed by atoms with Crippen LogP contribution in [0.5, 0.6) is 0 Å². The fourth-order valence-electron chi connectivity index (χ4n) is 2.64. The average Bonchev–Trinajstić information content (AvgIpc) is 3.10. The molecule has 0 aliphatic rings. The van der Waals surface area contributed by atoms with Gasteiger partial charge in [-0.1, -0.05) is 36.0 Å². The van der Waals surface area contributed by atoms with Gasteiger partial charge in [0.05, 0.1) is 22.2 Å². The van der Waals surface area contributed by atoms with Gasteiger partial charge in [0.2, 0.25) is 5.16 Å². The maximum atomic E-state index is 13.8. The van der Waals surface area contributed by atoms with Gasteiger partial charge in [-0.3, -0.25) is 9.89 Å². The van der Waals surface area contributed by atoms with Crippen LogP contribution in [0.2, 0.25) is 0 Å². The molecule has 0 unspecified atom stereocenters. The second-order valence-electron chi connectivity index (χ2n) is 5.72. The monoisotopic (exact) mass is 367 g/mol. The average molecular weight is 367 g/mol. The highest BCUT2D eigenvalue weighted by Gasteiger charge is 2.11. The van der Waals surface area contributed by atoms with Gasteiger partial charge in [-0.05, 0) is 30.7 Å². The van der Waals surface area contributed by atoms with Crippen LogP contribution in [0.1, 0.15) is 11.4 Å². The molecule has 2 N–H and O–H groups in total. The van der Waals surface area contributed by atoms with E-state index < -0.39 is 0 Å². The Morgan fingerprint density at radius 1 is 1.12 bits per heavy atom. The van der Waals surface area contributed by atoms with E-state index in [0.29, 0.717) is 39.0 Å². The summed E-state index contributed by atoms with van der Waals surface area (Å²) in [5, 5.41) is 7.85. The number of hydrogen-bond acceptors (Lipinski definition) is 5. The van der Waals surface area contributed by atoms with Crippen molar-refractivity contribution in [2.75, 3.05) is 0 Å². The summed E-state index contributed by atoms with van der Waals surface area (Å²) in [4.78, 5) is 23.8. The zero-order chi connectivity index (χ0) is 18.1. The maximum absolute atomic E-state index is 13.8. The molecule has 0 atom stereocenters. The SMILES string of the molecule is Cc1cccc2c(=O)[nH]c(CSc3n[nH]c(-c4ccccc4F)n3)nc12. The first-order valence-corrected chi connectivity index (χ1v) is 8.89. The van der Waals surface area contributed by atoms with Crippen LogP contribution in [0.15, 0.2) is 52.4 Å². The second-order valence-corrected chi connectivity index (χ2v) is 6.66. The number of nitrogens with one attached hydrogen (secondary N) is 2. The van der Waals surface area contributed by atoms with E-state index in [4.69, 9.17) is 0 Å². The zero-order valence-electron chi connectivity index (χ0n) is 13.8. The molecule has 0 aliphatic carbocycles. The van der Waals surface area contributed by atoms with Crippen molar-refractivity contribution in [3.8, 4) is 11.4 Å². The van der Waals surface area contributed by atoms with E-state index in [9.17, 15) is 9.18 Å². The van der Waals surface area contributed by atoms with Gasteiger partial charge in [-0.2, -0.15) is 0 Å². The van der Waals surface area contributed by atoms with Gasteiger partial charge in [0.15, 0.2) is 5.82 Å². The van der Waals surface area contributed by atoms with Gasteiger partial charge in [0.1, 0.15) is 11.6 Å². The molecule has 0 fully saturated rings. The van der Waals surface area contributed by atoms with Gasteiger partial charge >= 0.3 is 0 Å². The summed E-state index contributed by atoms with van der Waals surface area (Å²) in [6.45, 7) is 1.92. The summed E-state index contributed by atoms with van der Waals surface area (Å²) in [7, 11) is 0. The van der Waals surface area contributed by atoms with E-state index in [1.165, 1.54) is 17.8 Å². The topological polar surface area (TPSA) is 87.3 Å². The minimum Gasteiger partial charge on any atom is -0.309 e. The standard InChI is InChI=1S/C18H14FN5OS/c1-10-5-4-7-12-15(10)20-14(21-17(12)25)9-26-18-22-16(23-24-18)11-6-2-3-8-13(11)19/h2-8H,9H2,1H3,(H,20,21,25)(H,22,23,24). The molecule has 2 aromatic heterocycles. The Hall–Kier alpha value is -3.00. The summed E-state index contributed by atoms with van der Waals surface area (Å²) in [5.74, 6) is 0.935. The molecule has 2 aromatic carbocycles. The molecule has 26 heavy (non-hydrogen) atoms. The van der Waals surface area contributed by atoms with Crippen molar-refractivity contribution >= 4 is 22.7 Å². The van der Waals surface area contributed by atoms with Gasteiger partial charge in [-0.15, -0.1) is 5.10 Å². The largest absolute Gasteiger partial charge is 0.309 e. The lowest BCUT2D eigenvalue weighted by Gasteiger charge is -2.03. The van der Waals surface area contributed by atoms with Crippen molar-refractivity contribution in [2.24, 2.45) is 0 Å². The number of aryl methyl sites for hydroxylation is 1. The zero-order valence-corrected chi connectivity index (χ0v) is 14.6. The second kappa shape index (κ2) is 6.72. The highest BCUT2D eigenvalue weighted by atomic mass is 32.2. The lowest BCUT2D eigenvalue weighted by molar-refractivity contribution is 0.630. The van der Waals surface area contributed by atoms with Crippen molar-refractivity contribution in [3.63, 3.8) is 0 Å². The Bertz CT molecular complexity index is 1150. The summed E-state index contributed by atoms with van der Waals surface area (Å²) in [5.41, 5.74) is 1.82. The first-order valence-electron chi connectivity index (χ1n) is 7.90. The lowest BCUT2D eigenvalue weighted by atomic mass is 10.1. The van der Waals surface area contributed by atoms with Crippen LogP contribution < -0.4 is 5.56 Å². The third-order valence-corrected chi connectivity index (χ3v) is 4.78. The quantitative estimate of drug-likeness (QED) is 0.540. The van der Waals surface area contributed by atoms with E-state index in [-0.39, 0.29) is 11.4 Å². The third-order valence-electron chi connectivity index (χ3n) is 3.92. The van der Waals surface area contributed by atoms with Crippen molar-refractivity contribution in [3.05, 3.63) is 70.0 Å². The van der Waals surface area contributed by atoms with E-state index in [1.54, 1.807) is 24.3 Å². The van der Waals surface area contributed by atoms with Crippen LogP contribution >= 0.6 is 11.8 Å². The summed E-state index contributed by atoms with van der Waals surface area (Å²) < 4.78 is 13.8. The Labute approximate surface area is 151 Å². The van der Waals surface area contributed by atoms with Crippen LogP contribution in [0, 0.1) is 12.7 Å². The molecule has 4 aromatic rings. The minimum absolute atomic E-state index is 0.170. The number of nitrogens with zero attached hydrogens (tertiary/aromatic N) is 3. The smallest absolute Gasteiger partial charge is 0.258 e. The van der Waals surface area contributed by atoms with E-state index in [0.717, 1.165) is 5.56 Å². The molecular formula is C18H14FN5OS. The molecule has 0 radical (unpaired) electrons. The number of aromatic nitrogens is 5. The number of hydrogen-bond donors (Lipinski definition) is 2. The Morgan fingerprint density at radius 3 is 2.81 bits per heavy atom. The molecule has 2 heterocycles. The van der Waals surface area contributed by atoms with Crippen LogP contribution in [-0.4, -0.2) is 25.1 Å². The number of H-pyrrole nitrogens is 2. The summed E-state index contributed by atoms with van der Waals surface area (Å²) >= 11 is 1.31. The highest BCUT2D eigenvalue weighted by molar-refractivity contribution is 7.98. The summed E-state index contributed by atoms with van der Waals surface area (Å²) in [6, 6.07) is 11.9. The van der Waals surface area contributed by atoms with Crippen molar-refractivity contribution in [1.82, 2.24) is 25.1 Å². The Morgan fingerprint density at radius 2 is 1.96 bits per heavy atom. The fraction of sp³-hybridized carbons (Fsp3) is 0.111. The van der Waals surface area contributed by atoms with Crippen LogP contribution in [-0.2, 0) is 5.75 Å². The first-order chi connectivity index (χ1) is 12.6. The van der Waals surface area contributed by atoms with Gasteiger partial charge < -0.3 is 4.98 Å². The molecular weight excluding hydrogens is 353 g/mol. The number of rotatable bonds is 4. The van der Waals surface area contributed by atoms with Gasteiger partial charge in [0.25, 0.3) is 5.56 Å². The fourth-order valence-corrected chi connectivity index (χ4v) is 3.31. The lowest BCUT2D eigenvalue weighted by Crippen LogP contribution is -2.11. The molecule has 0 spiro atoms. The van der Waals surface area contributed by atoms with E-state index in [1.807, 2.05) is 19.1 Å². The van der Waals surface area contributed by atoms with Crippen LogP contribution in [0.4, 0.5) is 4.39 Å². The van der Waals surface area contributed by atoms with Crippen LogP contribution in [0.3, 0.4) is 0 Å². The number of halogens is 1. The molecule has 0 saturated carbocycles. The number of thioether (sulfide) groups is 1. The molecule has 0 amide bonds. The van der Waals surface area contributed by atoms with Crippen LogP contribution in [0.25, 0.3) is 22.3 Å². The maximum Gasteiger partial charge on any atom is 0.258 e. The third kappa shape index (κ3) is 3.11. The molecule has 8 heteroatoms. The van der Waals surface area contributed by atoms with Gasteiger partial charge in [0, 0.05) is 0 Å². The Balaban J connectivity index is 1.57. The first kappa shape index (κ1) is 16.5. The molecule has 0 bridgehead atoms. The predicted octanol–water partition coefficient (Wildman–Crippen LogP) is 3.45. The summed E-state index contributed by atoms with van der Waals surface area (Å²) in [6.07, 6.45) is 0. The molecule has 4 rings (SSSR count). The number of benzene rings is 2. The normalized spacial score (nSPS) is 11.2. The van der Waals surface area contributed by atoms with Gasteiger partial charge in [-0.25, -0.2) is 14.4 Å². The van der Waals surface area contributed by atoms with Crippen molar-refractivity contribution < 1.29 is 4.39 Å². The highest BCUT2D eigenvalue weighted by Crippen LogP contribution is 2.23. The van der Waals surface area contributed by atoms with E-state index in [2.05, 4.69) is 25.1 Å². The molecule has 130 valence electrons. The minimum atomic E-state index is -0.365. The molecule has 0 aliphatic heterocycles. The predicted molar refractivity (Wildman–Crippen MR) is 98.4 cm³/mol. The molecule has 6 nitrogen and oxygen atoms in total. The van der Waals surface area contributed by atoms with Crippen molar-refractivity contribution in [1.29, 1.82) is 0 Å². The van der Waals surface area contributed by atoms with Crippen molar-refractivity contribution in [2.45, 2.75) is 17.8 Å². The number of fused-ring (bicyclic) bond motifs is 1. The van der Waals surface area contributed by atoms with E-state index >= 15 is 0 Å². The number of aromatic amines is 2. The Kier molecular flexibility index (Phi) is 4.26. The number of para-hydroxylation sites is 1.